The number of nitrogens with one attached hydrogen (secondary N) is 1. The summed E-state index contributed by atoms with van der Waals surface area (Å²) in [5.74, 6) is 0. The van der Waals surface area contributed by atoms with Gasteiger partial charge in [0.2, 0.25) is 0 Å². The number of likely N-dealkylation sites (tertiary alicyclic amines) is 1. The number of benzene rings is 1. The van der Waals surface area contributed by atoms with Crippen LogP contribution < -0.4 is 5.32 Å². The highest BCUT2D eigenvalue weighted by atomic mass is 16.3. The van der Waals surface area contributed by atoms with Crippen LogP contribution in [0.15, 0.2) is 24.3 Å². The standard InChI is InChI=1S/C18H29N3O2/c1-14-6-4-5-7-16(14)13-21-10-8-17(9-11-21)19-18(23)20(3)12-15(2)22/h4-7,15,17,22H,8-13H2,1-3H3,(H,19,23). The number of amides is 2. The number of aliphatic hydroxyl groups is 1. The fraction of sp³-hybridized carbons (Fsp3) is 0.611. The van der Waals surface area contributed by atoms with E-state index in [1.54, 1.807) is 18.9 Å². The monoisotopic (exact) mass is 319 g/mol. The number of nitrogens with zero attached hydrogens (tertiary/aromatic N) is 2. The van der Waals surface area contributed by atoms with Crippen LogP contribution in [-0.2, 0) is 6.54 Å². The molecule has 1 aromatic rings. The van der Waals surface area contributed by atoms with Crippen molar-refractivity contribution in [1.82, 2.24) is 15.1 Å². The number of aliphatic hydroxyl groups excluding tert-OH is 1. The Kier molecular flexibility index (Phi) is 6.42. The molecule has 23 heavy (non-hydrogen) atoms. The summed E-state index contributed by atoms with van der Waals surface area (Å²) in [6.07, 6.45) is 1.45. The molecule has 2 rings (SSSR count). The highest BCUT2D eigenvalue weighted by Gasteiger charge is 2.22. The molecule has 1 aliphatic rings. The zero-order valence-electron chi connectivity index (χ0n) is 14.5. The highest BCUT2D eigenvalue weighted by Crippen LogP contribution is 2.16. The molecule has 0 radical (unpaired) electrons. The van der Waals surface area contributed by atoms with Crippen molar-refractivity contribution in [3.63, 3.8) is 0 Å². The SMILES string of the molecule is Cc1ccccc1CN1CCC(NC(=O)N(C)CC(C)O)CC1. The Labute approximate surface area is 139 Å². The number of urea groups is 1. The maximum Gasteiger partial charge on any atom is 0.317 e. The molecule has 2 amide bonds. The van der Waals surface area contributed by atoms with Crippen LogP contribution in [0.3, 0.4) is 0 Å². The van der Waals surface area contributed by atoms with Crippen molar-refractivity contribution >= 4 is 6.03 Å². The molecular formula is C18H29N3O2. The van der Waals surface area contributed by atoms with E-state index in [0.29, 0.717) is 6.54 Å². The first-order valence-corrected chi connectivity index (χ1v) is 8.42. The third-order valence-electron chi connectivity index (χ3n) is 4.46. The quantitative estimate of drug-likeness (QED) is 0.872. The summed E-state index contributed by atoms with van der Waals surface area (Å²) in [5.41, 5.74) is 2.72. The number of carbonyl (C=O) groups is 1. The average molecular weight is 319 g/mol. The maximum absolute atomic E-state index is 12.1. The van der Waals surface area contributed by atoms with Gasteiger partial charge in [0, 0.05) is 39.3 Å². The lowest BCUT2D eigenvalue weighted by Gasteiger charge is -2.33. The van der Waals surface area contributed by atoms with Gasteiger partial charge in [-0.15, -0.1) is 0 Å². The van der Waals surface area contributed by atoms with E-state index in [1.165, 1.54) is 11.1 Å². The summed E-state index contributed by atoms with van der Waals surface area (Å²) in [6, 6.07) is 8.64. The lowest BCUT2D eigenvalue weighted by Crippen LogP contribution is -2.49. The molecule has 1 aliphatic heterocycles. The molecule has 2 N–H and O–H groups in total. The molecule has 5 nitrogen and oxygen atoms in total. The van der Waals surface area contributed by atoms with E-state index in [0.717, 1.165) is 32.5 Å². The first-order valence-electron chi connectivity index (χ1n) is 8.42. The predicted octanol–water partition coefficient (Wildman–Crippen LogP) is 1.98. The lowest BCUT2D eigenvalue weighted by atomic mass is 10.0. The molecule has 1 heterocycles. The van der Waals surface area contributed by atoms with E-state index in [2.05, 4.69) is 41.4 Å². The van der Waals surface area contributed by atoms with Crippen LogP contribution in [0.5, 0.6) is 0 Å². The minimum Gasteiger partial charge on any atom is -0.392 e. The van der Waals surface area contributed by atoms with E-state index < -0.39 is 6.10 Å². The summed E-state index contributed by atoms with van der Waals surface area (Å²) in [7, 11) is 1.72. The summed E-state index contributed by atoms with van der Waals surface area (Å²) < 4.78 is 0. The number of piperidine rings is 1. The normalized spacial score (nSPS) is 17.7. The van der Waals surface area contributed by atoms with Crippen molar-refractivity contribution in [1.29, 1.82) is 0 Å². The number of hydrogen-bond acceptors (Lipinski definition) is 3. The fourth-order valence-corrected chi connectivity index (χ4v) is 3.03. The van der Waals surface area contributed by atoms with Gasteiger partial charge in [0.1, 0.15) is 0 Å². The Morgan fingerprint density at radius 1 is 1.39 bits per heavy atom. The van der Waals surface area contributed by atoms with Gasteiger partial charge in [-0.3, -0.25) is 4.90 Å². The Morgan fingerprint density at radius 3 is 2.65 bits per heavy atom. The van der Waals surface area contributed by atoms with Gasteiger partial charge in [-0.1, -0.05) is 24.3 Å². The predicted molar refractivity (Wildman–Crippen MR) is 92.3 cm³/mol. The van der Waals surface area contributed by atoms with Gasteiger partial charge in [0.15, 0.2) is 0 Å². The molecule has 1 saturated heterocycles. The summed E-state index contributed by atoms with van der Waals surface area (Å²) in [6.45, 7) is 7.18. The van der Waals surface area contributed by atoms with E-state index in [-0.39, 0.29) is 12.1 Å². The fourth-order valence-electron chi connectivity index (χ4n) is 3.03. The Balaban J connectivity index is 1.76. The van der Waals surface area contributed by atoms with Crippen LogP contribution in [0.2, 0.25) is 0 Å². The number of likely N-dealkylation sites (N-methyl/N-ethyl adjacent to an activating group) is 1. The van der Waals surface area contributed by atoms with E-state index in [9.17, 15) is 9.90 Å². The minimum absolute atomic E-state index is 0.0942. The molecule has 0 spiro atoms. The van der Waals surface area contributed by atoms with Gasteiger partial charge in [-0.2, -0.15) is 0 Å². The van der Waals surface area contributed by atoms with Gasteiger partial charge in [0.05, 0.1) is 6.10 Å². The van der Waals surface area contributed by atoms with Crippen molar-refractivity contribution in [3.8, 4) is 0 Å². The first kappa shape index (κ1) is 17.8. The van der Waals surface area contributed by atoms with Crippen LogP contribution in [0.1, 0.15) is 30.9 Å². The molecule has 0 aliphatic carbocycles. The minimum atomic E-state index is -0.498. The second-order valence-corrected chi connectivity index (χ2v) is 6.66. The first-order chi connectivity index (χ1) is 11.0. The largest absolute Gasteiger partial charge is 0.392 e. The van der Waals surface area contributed by atoms with Crippen LogP contribution in [0, 0.1) is 6.92 Å². The molecule has 0 saturated carbocycles. The zero-order chi connectivity index (χ0) is 16.8. The van der Waals surface area contributed by atoms with Crippen LogP contribution in [-0.4, -0.2) is 59.8 Å². The van der Waals surface area contributed by atoms with Crippen LogP contribution in [0.4, 0.5) is 4.79 Å². The van der Waals surface area contributed by atoms with Crippen molar-refractivity contribution < 1.29 is 9.90 Å². The van der Waals surface area contributed by atoms with Crippen LogP contribution >= 0.6 is 0 Å². The second kappa shape index (κ2) is 8.31. The van der Waals surface area contributed by atoms with Gasteiger partial charge < -0.3 is 15.3 Å². The molecule has 128 valence electrons. The van der Waals surface area contributed by atoms with Gasteiger partial charge in [-0.25, -0.2) is 4.79 Å². The molecule has 1 unspecified atom stereocenters. The summed E-state index contributed by atoms with van der Waals surface area (Å²) >= 11 is 0. The number of rotatable bonds is 5. The topological polar surface area (TPSA) is 55.8 Å². The molecular weight excluding hydrogens is 290 g/mol. The molecule has 1 atom stereocenters. The van der Waals surface area contributed by atoms with Crippen LogP contribution in [0.25, 0.3) is 0 Å². The third-order valence-corrected chi connectivity index (χ3v) is 4.46. The van der Waals surface area contributed by atoms with Crippen molar-refractivity contribution in [3.05, 3.63) is 35.4 Å². The Morgan fingerprint density at radius 2 is 2.04 bits per heavy atom. The maximum atomic E-state index is 12.1. The average Bonchev–Trinajstić information content (AvgIpc) is 2.50. The number of hydrogen-bond donors (Lipinski definition) is 2. The molecule has 5 heteroatoms. The van der Waals surface area contributed by atoms with Crippen molar-refractivity contribution in [2.24, 2.45) is 0 Å². The van der Waals surface area contributed by atoms with Gasteiger partial charge in [0.25, 0.3) is 0 Å². The molecule has 0 bridgehead atoms. The third kappa shape index (κ3) is 5.52. The summed E-state index contributed by atoms with van der Waals surface area (Å²) in [5, 5.41) is 12.4. The molecule has 1 fully saturated rings. The van der Waals surface area contributed by atoms with Gasteiger partial charge >= 0.3 is 6.03 Å². The number of carbonyl (C=O) groups excluding carboxylic acids is 1. The van der Waals surface area contributed by atoms with Crippen molar-refractivity contribution in [2.75, 3.05) is 26.7 Å². The van der Waals surface area contributed by atoms with E-state index in [4.69, 9.17) is 0 Å². The lowest BCUT2D eigenvalue weighted by molar-refractivity contribution is 0.137. The van der Waals surface area contributed by atoms with Gasteiger partial charge in [-0.05, 0) is 37.8 Å². The van der Waals surface area contributed by atoms with E-state index >= 15 is 0 Å². The molecule has 1 aromatic carbocycles. The Bertz CT molecular complexity index is 511. The Hall–Kier alpha value is -1.59. The molecule has 0 aromatic heterocycles. The summed E-state index contributed by atoms with van der Waals surface area (Å²) in [4.78, 5) is 16.0. The van der Waals surface area contributed by atoms with Crippen molar-refractivity contribution in [2.45, 2.75) is 45.4 Å². The second-order valence-electron chi connectivity index (χ2n) is 6.66. The highest BCUT2D eigenvalue weighted by molar-refractivity contribution is 5.74. The smallest absolute Gasteiger partial charge is 0.317 e. The van der Waals surface area contributed by atoms with E-state index in [1.807, 2.05) is 0 Å². The zero-order valence-corrected chi connectivity index (χ0v) is 14.5. The number of aryl methyl sites for hydroxylation is 1.